The van der Waals surface area contributed by atoms with E-state index in [0.29, 0.717) is 42.8 Å². The molecule has 3 aromatic carbocycles. The molecule has 0 radical (unpaired) electrons. The van der Waals surface area contributed by atoms with Crippen LogP contribution in [0.3, 0.4) is 0 Å². The van der Waals surface area contributed by atoms with Crippen molar-refractivity contribution >= 4 is 40.4 Å². The topological polar surface area (TPSA) is 71.8 Å². The van der Waals surface area contributed by atoms with Gasteiger partial charge < -0.3 is 23.5 Å². The van der Waals surface area contributed by atoms with E-state index in [1.165, 1.54) is 0 Å². The normalized spacial score (nSPS) is 13.7. The second kappa shape index (κ2) is 14.0. The molecular formula is C32H35ClN2O5S. The van der Waals surface area contributed by atoms with Gasteiger partial charge in [0, 0.05) is 30.6 Å². The average molecular weight is 595 g/mol. The molecule has 4 aromatic rings. The van der Waals surface area contributed by atoms with Crippen molar-refractivity contribution in [1.29, 1.82) is 0 Å². The lowest BCUT2D eigenvalue weighted by molar-refractivity contribution is -0.143. The summed E-state index contributed by atoms with van der Waals surface area (Å²) in [6.45, 7) is 2.82. The van der Waals surface area contributed by atoms with Crippen molar-refractivity contribution in [3.05, 3.63) is 82.6 Å². The van der Waals surface area contributed by atoms with Crippen LogP contribution < -0.4 is 14.2 Å². The maximum Gasteiger partial charge on any atom is 0.306 e. The van der Waals surface area contributed by atoms with Crippen LogP contribution in [-0.2, 0) is 36.2 Å². The summed E-state index contributed by atoms with van der Waals surface area (Å²) in [5, 5.41) is 0.674. The number of carbonyl (C=O) groups excluding carboxylic acids is 1. The van der Waals surface area contributed by atoms with Gasteiger partial charge in [0.2, 0.25) is 0 Å². The lowest BCUT2D eigenvalue weighted by Gasteiger charge is -2.22. The van der Waals surface area contributed by atoms with Crippen LogP contribution in [0.15, 0.2) is 60.7 Å². The molecule has 1 aromatic heterocycles. The third-order valence-corrected chi connectivity index (χ3v) is 8.33. The fraction of sp³-hybridized carbons (Fsp3) is 0.375. The van der Waals surface area contributed by atoms with Gasteiger partial charge in [0.25, 0.3) is 0 Å². The van der Waals surface area contributed by atoms with E-state index in [0.717, 1.165) is 58.1 Å². The Hall–Kier alpha value is -3.36. The molecule has 2 heterocycles. The minimum atomic E-state index is -0.232. The van der Waals surface area contributed by atoms with Crippen LogP contribution in [0.4, 0.5) is 0 Å². The Morgan fingerprint density at radius 3 is 2.56 bits per heavy atom. The van der Waals surface area contributed by atoms with E-state index in [1.54, 1.807) is 6.92 Å². The summed E-state index contributed by atoms with van der Waals surface area (Å²) in [6.07, 6.45) is 3.22. The maximum atomic E-state index is 12.0. The molecule has 0 atom stereocenters. The molecule has 216 valence electrons. The van der Waals surface area contributed by atoms with Crippen molar-refractivity contribution in [2.45, 2.75) is 51.9 Å². The Kier molecular flexibility index (Phi) is 9.96. The molecule has 0 amide bonds. The van der Waals surface area contributed by atoms with Gasteiger partial charge in [-0.3, -0.25) is 4.79 Å². The number of benzene rings is 3. The van der Waals surface area contributed by atoms with Crippen LogP contribution in [0.2, 0.25) is 5.02 Å². The van der Waals surface area contributed by atoms with Crippen molar-refractivity contribution in [3.8, 4) is 17.2 Å². The zero-order valence-corrected chi connectivity index (χ0v) is 25.0. The summed E-state index contributed by atoms with van der Waals surface area (Å²) in [5.74, 6) is 5.08. The van der Waals surface area contributed by atoms with E-state index in [2.05, 4.69) is 6.07 Å². The van der Waals surface area contributed by atoms with Gasteiger partial charge in [-0.15, -0.1) is 0 Å². The Morgan fingerprint density at radius 2 is 1.78 bits per heavy atom. The lowest BCUT2D eigenvalue weighted by atomic mass is 10.1. The van der Waals surface area contributed by atoms with Crippen LogP contribution in [0, 0.1) is 0 Å². The van der Waals surface area contributed by atoms with Crippen molar-refractivity contribution in [3.63, 3.8) is 0 Å². The highest BCUT2D eigenvalue weighted by molar-refractivity contribution is 7.99. The number of ether oxygens (including phenoxy) is 4. The van der Waals surface area contributed by atoms with E-state index in [9.17, 15) is 4.79 Å². The molecule has 7 nitrogen and oxygen atoms in total. The number of fused-ring (bicyclic) bond motifs is 1. The number of aromatic nitrogens is 2. The van der Waals surface area contributed by atoms with Gasteiger partial charge in [0.1, 0.15) is 42.4 Å². The quantitative estimate of drug-likeness (QED) is 0.161. The third-order valence-electron chi connectivity index (χ3n) is 7.03. The van der Waals surface area contributed by atoms with Gasteiger partial charge in [0.15, 0.2) is 0 Å². The second-order valence-corrected chi connectivity index (χ2v) is 11.6. The summed E-state index contributed by atoms with van der Waals surface area (Å²) in [6, 6.07) is 19.3. The highest BCUT2D eigenvalue weighted by Gasteiger charge is 2.17. The zero-order chi connectivity index (χ0) is 28.6. The van der Waals surface area contributed by atoms with E-state index in [1.807, 2.05) is 78.0 Å². The van der Waals surface area contributed by atoms with Gasteiger partial charge in [-0.05, 0) is 79.2 Å². The SMILES string of the molecule is CCOC(=O)CCc1ccc(OCc2nc3ccc(OC4CCSCC4)cc3n2C)cc1OCc1ccc(Cl)cc1. The standard InChI is InChI=1S/C32H35ClN2O5S/c1-3-37-32(36)13-7-23-6-10-26(19-30(23)39-20-22-4-8-24(33)9-5-22)38-21-31-34-28-12-11-27(18-29(28)35(31)2)40-25-14-16-41-17-15-25/h4-6,8-12,18-19,25H,3,7,13-17,20-21H2,1-2H3. The fourth-order valence-electron chi connectivity index (χ4n) is 4.73. The smallest absolute Gasteiger partial charge is 0.306 e. The Bertz CT molecular complexity index is 1470. The molecule has 1 aliphatic rings. The first-order valence-corrected chi connectivity index (χ1v) is 15.5. The summed E-state index contributed by atoms with van der Waals surface area (Å²) in [5.41, 5.74) is 3.81. The van der Waals surface area contributed by atoms with Gasteiger partial charge >= 0.3 is 5.97 Å². The summed E-state index contributed by atoms with van der Waals surface area (Å²) in [7, 11) is 1.99. The van der Waals surface area contributed by atoms with Gasteiger partial charge in [-0.1, -0.05) is 29.8 Å². The summed E-state index contributed by atoms with van der Waals surface area (Å²) in [4.78, 5) is 16.8. The number of halogens is 1. The van der Waals surface area contributed by atoms with E-state index in [4.69, 9.17) is 35.5 Å². The number of rotatable bonds is 12. The van der Waals surface area contributed by atoms with Crippen LogP contribution in [0.25, 0.3) is 11.0 Å². The molecule has 5 rings (SSSR count). The molecule has 41 heavy (non-hydrogen) atoms. The Morgan fingerprint density at radius 1 is 1.00 bits per heavy atom. The van der Waals surface area contributed by atoms with Crippen molar-refractivity contribution in [2.24, 2.45) is 7.05 Å². The van der Waals surface area contributed by atoms with E-state index in [-0.39, 0.29) is 18.5 Å². The zero-order valence-electron chi connectivity index (χ0n) is 23.4. The molecule has 0 N–H and O–H groups in total. The van der Waals surface area contributed by atoms with Crippen LogP contribution in [-0.4, -0.2) is 39.7 Å². The van der Waals surface area contributed by atoms with E-state index >= 15 is 0 Å². The Labute approximate surface area is 250 Å². The number of aryl methyl sites for hydroxylation is 2. The molecule has 0 bridgehead atoms. The first kappa shape index (κ1) is 29.1. The molecule has 0 unspecified atom stereocenters. The monoisotopic (exact) mass is 594 g/mol. The number of carbonyl (C=O) groups is 1. The molecular weight excluding hydrogens is 560 g/mol. The van der Waals surface area contributed by atoms with Gasteiger partial charge in [-0.2, -0.15) is 11.8 Å². The molecule has 1 fully saturated rings. The van der Waals surface area contributed by atoms with Crippen molar-refractivity contribution in [1.82, 2.24) is 9.55 Å². The van der Waals surface area contributed by atoms with Crippen molar-refractivity contribution < 1.29 is 23.7 Å². The third kappa shape index (κ3) is 7.89. The minimum absolute atomic E-state index is 0.232. The molecule has 1 saturated heterocycles. The predicted octanol–water partition coefficient (Wildman–Crippen LogP) is 7.15. The Balaban J connectivity index is 1.28. The van der Waals surface area contributed by atoms with E-state index < -0.39 is 0 Å². The molecule has 0 aliphatic carbocycles. The summed E-state index contributed by atoms with van der Waals surface area (Å²) < 4.78 is 25.8. The number of hydrogen-bond acceptors (Lipinski definition) is 7. The predicted molar refractivity (Wildman–Crippen MR) is 163 cm³/mol. The average Bonchev–Trinajstić information content (AvgIpc) is 3.30. The van der Waals surface area contributed by atoms with Crippen molar-refractivity contribution in [2.75, 3.05) is 18.1 Å². The number of esters is 1. The molecule has 1 aliphatic heterocycles. The van der Waals surface area contributed by atoms with Gasteiger partial charge in [-0.25, -0.2) is 4.98 Å². The minimum Gasteiger partial charge on any atom is -0.490 e. The first-order valence-electron chi connectivity index (χ1n) is 14.0. The lowest BCUT2D eigenvalue weighted by Crippen LogP contribution is -2.22. The largest absolute Gasteiger partial charge is 0.490 e. The maximum absolute atomic E-state index is 12.0. The molecule has 0 spiro atoms. The fourth-order valence-corrected chi connectivity index (χ4v) is 5.92. The number of imidazole rings is 1. The summed E-state index contributed by atoms with van der Waals surface area (Å²) >= 11 is 8.02. The van der Waals surface area contributed by atoms with Crippen LogP contribution >= 0.6 is 23.4 Å². The van der Waals surface area contributed by atoms with Gasteiger partial charge in [0.05, 0.1) is 17.6 Å². The van der Waals surface area contributed by atoms with Crippen LogP contribution in [0.5, 0.6) is 17.2 Å². The molecule has 0 saturated carbocycles. The highest BCUT2D eigenvalue weighted by atomic mass is 35.5. The second-order valence-electron chi connectivity index (χ2n) is 9.95. The number of thioether (sulfide) groups is 1. The molecule has 9 heteroatoms. The highest BCUT2D eigenvalue weighted by Crippen LogP contribution is 2.29. The number of nitrogens with zero attached hydrogens (tertiary/aromatic N) is 2. The number of hydrogen-bond donors (Lipinski definition) is 0. The first-order chi connectivity index (χ1) is 20.0. The van der Waals surface area contributed by atoms with Crippen LogP contribution in [0.1, 0.15) is 43.1 Å².